The molecule has 0 radical (unpaired) electrons. The number of methoxy groups -OCH3 is 1. The Morgan fingerprint density at radius 3 is 2.80 bits per heavy atom. The molecule has 2 N–H and O–H groups in total. The number of hydrogen-bond acceptors (Lipinski definition) is 3. The van der Waals surface area contributed by atoms with Crippen LogP contribution in [0.25, 0.3) is 11.0 Å². The number of imidazole rings is 1. The minimum Gasteiger partial charge on any atom is -0.494 e. The molecule has 4 nitrogen and oxygen atoms in total. The SMILES string of the molecule is COc1cc2c(cc1F)nc(N)n2C1CCCC1(C)C. The summed E-state index contributed by atoms with van der Waals surface area (Å²) in [6, 6.07) is 3.38. The Bertz CT molecular complexity index is 663. The fraction of sp³-hybridized carbons (Fsp3) is 0.533. The summed E-state index contributed by atoms with van der Waals surface area (Å²) in [6.45, 7) is 4.49. The Labute approximate surface area is 117 Å². The second-order valence-electron chi connectivity index (χ2n) is 6.21. The number of anilines is 1. The van der Waals surface area contributed by atoms with E-state index in [9.17, 15) is 4.39 Å². The van der Waals surface area contributed by atoms with Crippen molar-refractivity contribution in [1.82, 2.24) is 9.55 Å². The fourth-order valence-electron chi connectivity index (χ4n) is 3.39. The van der Waals surface area contributed by atoms with Gasteiger partial charge in [0.2, 0.25) is 5.95 Å². The van der Waals surface area contributed by atoms with Crippen LogP contribution in [0.5, 0.6) is 5.75 Å². The van der Waals surface area contributed by atoms with Gasteiger partial charge in [0.05, 0.1) is 18.1 Å². The molecule has 1 unspecified atom stereocenters. The number of nitrogens with two attached hydrogens (primary N) is 1. The monoisotopic (exact) mass is 277 g/mol. The van der Waals surface area contributed by atoms with Crippen molar-refractivity contribution in [1.29, 1.82) is 0 Å². The summed E-state index contributed by atoms with van der Waals surface area (Å²) in [6.07, 6.45) is 3.41. The molecule has 108 valence electrons. The lowest BCUT2D eigenvalue weighted by atomic mass is 9.87. The molecule has 0 aliphatic heterocycles. The number of ether oxygens (including phenoxy) is 1. The van der Waals surface area contributed by atoms with Gasteiger partial charge in [-0.1, -0.05) is 20.3 Å². The highest BCUT2D eigenvalue weighted by Crippen LogP contribution is 2.48. The fourth-order valence-corrected chi connectivity index (χ4v) is 3.39. The van der Waals surface area contributed by atoms with Crippen molar-refractivity contribution in [2.45, 2.75) is 39.2 Å². The van der Waals surface area contributed by atoms with E-state index in [1.54, 1.807) is 6.07 Å². The van der Waals surface area contributed by atoms with Crippen LogP contribution < -0.4 is 10.5 Å². The van der Waals surface area contributed by atoms with Gasteiger partial charge in [0.1, 0.15) is 0 Å². The molecule has 1 atom stereocenters. The Kier molecular flexibility index (Phi) is 2.88. The quantitative estimate of drug-likeness (QED) is 0.913. The lowest BCUT2D eigenvalue weighted by Crippen LogP contribution is -2.22. The smallest absolute Gasteiger partial charge is 0.201 e. The van der Waals surface area contributed by atoms with Crippen molar-refractivity contribution in [3.05, 3.63) is 17.9 Å². The van der Waals surface area contributed by atoms with Gasteiger partial charge in [0, 0.05) is 18.2 Å². The van der Waals surface area contributed by atoms with Gasteiger partial charge in [0.15, 0.2) is 11.6 Å². The number of hydrogen-bond donors (Lipinski definition) is 1. The summed E-state index contributed by atoms with van der Waals surface area (Å²) >= 11 is 0. The molecule has 1 aromatic carbocycles. The molecule has 0 bridgehead atoms. The maximum atomic E-state index is 13.8. The largest absolute Gasteiger partial charge is 0.494 e. The number of fused-ring (bicyclic) bond motifs is 1. The molecule has 1 saturated carbocycles. The summed E-state index contributed by atoms with van der Waals surface area (Å²) in [5, 5.41) is 0. The van der Waals surface area contributed by atoms with Gasteiger partial charge in [-0.2, -0.15) is 0 Å². The topological polar surface area (TPSA) is 53.1 Å². The minimum atomic E-state index is -0.407. The van der Waals surface area contributed by atoms with Crippen molar-refractivity contribution in [2.75, 3.05) is 12.8 Å². The van der Waals surface area contributed by atoms with Crippen LogP contribution >= 0.6 is 0 Å². The first kappa shape index (κ1) is 13.2. The number of nitrogens with zero attached hydrogens (tertiary/aromatic N) is 2. The minimum absolute atomic E-state index is 0.170. The molecule has 2 aromatic rings. The van der Waals surface area contributed by atoms with Gasteiger partial charge >= 0.3 is 0 Å². The maximum Gasteiger partial charge on any atom is 0.201 e. The zero-order chi connectivity index (χ0) is 14.5. The first-order valence-corrected chi connectivity index (χ1v) is 6.95. The van der Waals surface area contributed by atoms with Gasteiger partial charge in [0.25, 0.3) is 0 Å². The van der Waals surface area contributed by atoms with Gasteiger partial charge < -0.3 is 15.0 Å². The molecule has 1 aliphatic rings. The summed E-state index contributed by atoms with van der Waals surface area (Å²) in [4.78, 5) is 4.30. The Balaban J connectivity index is 2.22. The standard InChI is InChI=1S/C15H20FN3O/c1-15(2)6-4-5-13(15)19-11-8-12(20-3)9(16)7-10(11)18-14(19)17/h7-8,13H,4-6H2,1-3H3,(H2,17,18). The van der Waals surface area contributed by atoms with E-state index in [1.165, 1.54) is 19.6 Å². The van der Waals surface area contributed by atoms with Crippen LogP contribution in [0.1, 0.15) is 39.2 Å². The Hall–Kier alpha value is -1.78. The molecule has 1 aromatic heterocycles. The second kappa shape index (κ2) is 4.36. The summed E-state index contributed by atoms with van der Waals surface area (Å²) in [5.74, 6) is 0.275. The molecule has 1 aliphatic carbocycles. The van der Waals surface area contributed by atoms with E-state index in [0.29, 0.717) is 17.5 Å². The number of aromatic nitrogens is 2. The highest BCUT2D eigenvalue weighted by Gasteiger charge is 2.37. The van der Waals surface area contributed by atoms with Crippen molar-refractivity contribution in [3.63, 3.8) is 0 Å². The van der Waals surface area contributed by atoms with Gasteiger partial charge in [-0.25, -0.2) is 9.37 Å². The van der Waals surface area contributed by atoms with Crippen LogP contribution in [0.3, 0.4) is 0 Å². The summed E-state index contributed by atoms with van der Waals surface area (Å²) in [5.41, 5.74) is 7.69. The van der Waals surface area contributed by atoms with Crippen molar-refractivity contribution in [2.24, 2.45) is 5.41 Å². The van der Waals surface area contributed by atoms with E-state index in [1.807, 2.05) is 4.57 Å². The van der Waals surface area contributed by atoms with Crippen LogP contribution in [-0.2, 0) is 0 Å². The molecule has 20 heavy (non-hydrogen) atoms. The van der Waals surface area contributed by atoms with E-state index < -0.39 is 5.82 Å². The molecule has 0 spiro atoms. The van der Waals surface area contributed by atoms with E-state index in [-0.39, 0.29) is 11.2 Å². The molecule has 1 heterocycles. The van der Waals surface area contributed by atoms with Crippen molar-refractivity contribution in [3.8, 4) is 5.75 Å². The van der Waals surface area contributed by atoms with Gasteiger partial charge in [-0.15, -0.1) is 0 Å². The first-order chi connectivity index (χ1) is 9.44. The maximum absolute atomic E-state index is 13.8. The Morgan fingerprint density at radius 1 is 1.45 bits per heavy atom. The lowest BCUT2D eigenvalue weighted by molar-refractivity contribution is 0.268. The number of rotatable bonds is 2. The van der Waals surface area contributed by atoms with Crippen molar-refractivity contribution < 1.29 is 9.13 Å². The second-order valence-corrected chi connectivity index (χ2v) is 6.21. The third-order valence-electron chi connectivity index (χ3n) is 4.50. The van der Waals surface area contributed by atoms with Crippen LogP contribution in [0.4, 0.5) is 10.3 Å². The highest BCUT2D eigenvalue weighted by atomic mass is 19.1. The molecule has 1 fully saturated rings. The van der Waals surface area contributed by atoms with E-state index in [2.05, 4.69) is 18.8 Å². The van der Waals surface area contributed by atoms with Crippen LogP contribution in [-0.4, -0.2) is 16.7 Å². The average Bonchev–Trinajstić information content (AvgIpc) is 2.86. The number of nitrogen functional groups attached to an aromatic ring is 1. The van der Waals surface area contributed by atoms with Gasteiger partial charge in [-0.05, 0) is 18.3 Å². The van der Waals surface area contributed by atoms with Crippen LogP contribution in [0, 0.1) is 11.2 Å². The molecule has 0 saturated heterocycles. The third kappa shape index (κ3) is 1.84. The molecule has 0 amide bonds. The zero-order valence-corrected chi connectivity index (χ0v) is 12.1. The first-order valence-electron chi connectivity index (χ1n) is 6.95. The summed E-state index contributed by atoms with van der Waals surface area (Å²) in [7, 11) is 1.47. The van der Waals surface area contributed by atoms with E-state index in [4.69, 9.17) is 10.5 Å². The molecule has 3 rings (SSSR count). The third-order valence-corrected chi connectivity index (χ3v) is 4.50. The highest BCUT2D eigenvalue weighted by molar-refractivity contribution is 5.80. The van der Waals surface area contributed by atoms with Crippen molar-refractivity contribution >= 4 is 17.0 Å². The number of benzene rings is 1. The lowest BCUT2D eigenvalue weighted by Gasteiger charge is -2.29. The predicted octanol–water partition coefficient (Wildman–Crippen LogP) is 3.52. The Morgan fingerprint density at radius 2 is 2.20 bits per heavy atom. The summed E-state index contributed by atoms with van der Waals surface area (Å²) < 4.78 is 20.9. The van der Waals surface area contributed by atoms with E-state index >= 15 is 0 Å². The molecular formula is C15H20FN3O. The molecular weight excluding hydrogens is 257 g/mol. The predicted molar refractivity (Wildman–Crippen MR) is 77.3 cm³/mol. The van der Waals surface area contributed by atoms with Gasteiger partial charge in [-0.3, -0.25) is 0 Å². The zero-order valence-electron chi connectivity index (χ0n) is 12.1. The number of halogens is 1. The average molecular weight is 277 g/mol. The van der Waals surface area contributed by atoms with Crippen LogP contribution in [0.15, 0.2) is 12.1 Å². The normalized spacial score (nSPS) is 21.5. The van der Waals surface area contributed by atoms with Crippen LogP contribution in [0.2, 0.25) is 0 Å². The molecule has 5 heteroatoms. The van der Waals surface area contributed by atoms with E-state index in [0.717, 1.165) is 18.4 Å².